The summed E-state index contributed by atoms with van der Waals surface area (Å²) in [6.07, 6.45) is 1.83. The minimum atomic E-state index is -1.21. The summed E-state index contributed by atoms with van der Waals surface area (Å²) in [6.45, 7) is 0.763. The maximum Gasteiger partial charge on any atom is 0.324 e. The van der Waals surface area contributed by atoms with Crippen molar-refractivity contribution in [1.82, 2.24) is 4.90 Å². The minimum absolute atomic E-state index is 0.447. The van der Waals surface area contributed by atoms with Gasteiger partial charge in [0, 0.05) is 14.1 Å². The van der Waals surface area contributed by atoms with E-state index in [0.29, 0.717) is 12.1 Å². The molecule has 1 N–H and O–H groups in total. The van der Waals surface area contributed by atoms with Gasteiger partial charge in [-0.3, -0.25) is 35.3 Å². The summed E-state index contributed by atoms with van der Waals surface area (Å²) < 4.78 is 0. The second kappa shape index (κ2) is 10.2. The predicted octanol–water partition coefficient (Wildman–Crippen LogP) is 2.89. The number of aliphatic imine (C=N–C) groups is 1. The third kappa shape index (κ3) is 6.67. The van der Waals surface area contributed by atoms with E-state index in [4.69, 9.17) is 5.11 Å². The lowest BCUT2D eigenvalue weighted by Crippen LogP contribution is -2.07. The molecule has 0 fully saturated rings. The van der Waals surface area contributed by atoms with Gasteiger partial charge in [-0.2, -0.15) is 0 Å². The number of phenols is 1. The molecule has 0 saturated heterocycles. The van der Waals surface area contributed by atoms with Crippen LogP contribution < -0.4 is 0 Å². The number of hydrogen-bond acceptors (Lipinski definition) is 8. The van der Waals surface area contributed by atoms with Crippen LogP contribution in [-0.2, 0) is 6.54 Å². The summed E-state index contributed by atoms with van der Waals surface area (Å²) in [7, 11) is 3.93. The van der Waals surface area contributed by atoms with E-state index in [1.54, 1.807) is 0 Å². The van der Waals surface area contributed by atoms with E-state index < -0.39 is 37.6 Å². The normalized spacial score (nSPS) is 10.1. The van der Waals surface area contributed by atoms with Gasteiger partial charge in [0.05, 0.1) is 39.8 Å². The van der Waals surface area contributed by atoms with Crippen LogP contribution in [0.15, 0.2) is 47.5 Å². The Labute approximate surface area is 158 Å². The molecule has 0 saturated carbocycles. The van der Waals surface area contributed by atoms with Gasteiger partial charge in [-0.25, -0.2) is 0 Å². The van der Waals surface area contributed by atoms with E-state index >= 15 is 0 Å². The van der Waals surface area contributed by atoms with Crippen LogP contribution in [0.4, 0.5) is 17.1 Å². The number of nitro groups is 3. The highest BCUT2D eigenvalue weighted by atomic mass is 16.6. The fraction of sp³-hybridized carbons (Fsp3) is 0.188. The number of hydrogen-bond donors (Lipinski definition) is 1. The first kappa shape index (κ1) is 22.0. The quantitative estimate of drug-likeness (QED) is 0.339. The highest BCUT2D eigenvalue weighted by Gasteiger charge is 2.30. The number of phenolic OH excluding ortho intramolecular Hbond substituents is 1. The van der Waals surface area contributed by atoms with E-state index in [1.807, 2.05) is 43.5 Å². The summed E-state index contributed by atoms with van der Waals surface area (Å²) in [5, 5.41) is 40.2. The second-order valence-corrected chi connectivity index (χ2v) is 5.51. The molecule has 0 aliphatic carbocycles. The molecule has 148 valence electrons. The molecule has 12 heteroatoms. The molecule has 28 heavy (non-hydrogen) atoms. The van der Waals surface area contributed by atoms with Crippen LogP contribution in [-0.4, -0.2) is 45.2 Å². The van der Waals surface area contributed by atoms with Crippen molar-refractivity contribution >= 4 is 23.4 Å². The number of rotatable bonds is 6. The fourth-order valence-corrected chi connectivity index (χ4v) is 1.87. The Bertz CT molecular complexity index is 849. The lowest BCUT2D eigenvalue weighted by Gasteiger charge is -2.01. The van der Waals surface area contributed by atoms with Crippen molar-refractivity contribution in [3.63, 3.8) is 0 Å². The number of aromatic hydroxyl groups is 1. The SMILES string of the molecule is CN(C)C=NCc1ccccc1.O=[N+]([O-])c1cc([N+](=O)[O-])c(O)c([N+](=O)[O-])c1. The van der Waals surface area contributed by atoms with Crippen LogP contribution in [0.5, 0.6) is 5.75 Å². The zero-order valence-corrected chi connectivity index (χ0v) is 15.0. The van der Waals surface area contributed by atoms with Crippen molar-refractivity contribution in [2.24, 2.45) is 4.99 Å². The van der Waals surface area contributed by atoms with Crippen LogP contribution in [0.25, 0.3) is 0 Å². The van der Waals surface area contributed by atoms with E-state index in [0.717, 1.165) is 6.54 Å². The average molecular weight is 391 g/mol. The number of benzene rings is 2. The number of non-ortho nitro benzene ring substituents is 1. The first-order valence-electron chi connectivity index (χ1n) is 7.64. The molecule has 0 atom stereocenters. The molecule has 0 amide bonds. The highest BCUT2D eigenvalue weighted by molar-refractivity contribution is 5.64. The third-order valence-electron chi connectivity index (χ3n) is 3.09. The highest BCUT2D eigenvalue weighted by Crippen LogP contribution is 2.38. The Morgan fingerprint density at radius 1 is 0.964 bits per heavy atom. The molecular weight excluding hydrogens is 374 g/mol. The standard InChI is InChI=1S/C10H14N2.C6H3N3O7/c1-12(2)9-11-8-10-6-4-3-5-7-10;10-6-4(8(13)14)1-3(7(11)12)2-5(6)9(15)16/h3-7,9H,8H2,1-2H3;1-2,10H. The maximum absolute atomic E-state index is 10.4. The Morgan fingerprint density at radius 2 is 1.46 bits per heavy atom. The Kier molecular flexibility index (Phi) is 7.96. The van der Waals surface area contributed by atoms with Gasteiger partial charge in [0.2, 0.25) is 0 Å². The fourth-order valence-electron chi connectivity index (χ4n) is 1.87. The minimum Gasteiger partial charge on any atom is -0.497 e. The van der Waals surface area contributed by atoms with Gasteiger partial charge in [-0.15, -0.1) is 0 Å². The van der Waals surface area contributed by atoms with Gasteiger partial charge >= 0.3 is 11.4 Å². The van der Waals surface area contributed by atoms with Crippen LogP contribution >= 0.6 is 0 Å². The van der Waals surface area contributed by atoms with Crippen molar-refractivity contribution in [3.05, 3.63) is 78.4 Å². The predicted molar refractivity (Wildman–Crippen MR) is 100 cm³/mol. The van der Waals surface area contributed by atoms with Gasteiger partial charge in [-0.1, -0.05) is 30.3 Å². The Morgan fingerprint density at radius 3 is 1.86 bits per heavy atom. The molecule has 0 aromatic heterocycles. The van der Waals surface area contributed by atoms with E-state index in [9.17, 15) is 30.3 Å². The van der Waals surface area contributed by atoms with Gasteiger partial charge in [0.25, 0.3) is 11.4 Å². The molecular formula is C16H17N5O7. The molecule has 2 aromatic rings. The summed E-state index contributed by atoms with van der Waals surface area (Å²) in [5.41, 5.74) is -1.76. The second-order valence-electron chi connectivity index (χ2n) is 5.51. The molecule has 0 unspecified atom stereocenters. The van der Waals surface area contributed by atoms with Crippen LogP contribution in [0.2, 0.25) is 0 Å². The van der Waals surface area contributed by atoms with Gasteiger partial charge < -0.3 is 10.0 Å². The lowest BCUT2D eigenvalue weighted by molar-refractivity contribution is -0.404. The average Bonchev–Trinajstić information content (AvgIpc) is 2.62. The molecule has 12 nitrogen and oxygen atoms in total. The van der Waals surface area contributed by atoms with Crippen LogP contribution in [0, 0.1) is 30.3 Å². The van der Waals surface area contributed by atoms with Crippen molar-refractivity contribution in [1.29, 1.82) is 0 Å². The van der Waals surface area contributed by atoms with Crippen molar-refractivity contribution in [2.45, 2.75) is 6.54 Å². The van der Waals surface area contributed by atoms with Crippen molar-refractivity contribution in [3.8, 4) is 5.75 Å². The smallest absolute Gasteiger partial charge is 0.324 e. The molecule has 0 spiro atoms. The summed E-state index contributed by atoms with van der Waals surface area (Å²) in [6, 6.07) is 11.1. The zero-order chi connectivity index (χ0) is 21.3. The molecule has 2 rings (SSSR count). The molecule has 2 aromatic carbocycles. The number of nitro benzene ring substituents is 3. The summed E-state index contributed by atoms with van der Waals surface area (Å²) >= 11 is 0. The van der Waals surface area contributed by atoms with E-state index in [-0.39, 0.29) is 0 Å². The first-order chi connectivity index (χ1) is 13.1. The number of nitrogens with zero attached hydrogens (tertiary/aromatic N) is 5. The van der Waals surface area contributed by atoms with Crippen molar-refractivity contribution in [2.75, 3.05) is 14.1 Å². The van der Waals surface area contributed by atoms with Crippen molar-refractivity contribution < 1.29 is 19.9 Å². The molecule has 0 radical (unpaired) electrons. The lowest BCUT2D eigenvalue weighted by atomic mass is 10.2. The van der Waals surface area contributed by atoms with Gasteiger partial charge in [0.1, 0.15) is 0 Å². The topological polar surface area (TPSA) is 165 Å². The van der Waals surface area contributed by atoms with Crippen LogP contribution in [0.3, 0.4) is 0 Å². The summed E-state index contributed by atoms with van der Waals surface area (Å²) in [4.78, 5) is 33.9. The molecule has 0 aliphatic rings. The van der Waals surface area contributed by atoms with E-state index in [1.165, 1.54) is 5.56 Å². The molecule has 0 bridgehead atoms. The maximum atomic E-state index is 10.4. The molecule has 0 aliphatic heterocycles. The zero-order valence-electron chi connectivity index (χ0n) is 15.0. The van der Waals surface area contributed by atoms with Crippen LogP contribution in [0.1, 0.15) is 5.56 Å². The monoisotopic (exact) mass is 391 g/mol. The largest absolute Gasteiger partial charge is 0.497 e. The Hall–Kier alpha value is -4.09. The Balaban J connectivity index is 0.000000292. The van der Waals surface area contributed by atoms with Gasteiger partial charge in [0.15, 0.2) is 0 Å². The third-order valence-corrected chi connectivity index (χ3v) is 3.09. The van der Waals surface area contributed by atoms with E-state index in [2.05, 4.69) is 17.1 Å². The van der Waals surface area contributed by atoms with Gasteiger partial charge in [-0.05, 0) is 5.56 Å². The molecule has 0 heterocycles. The first-order valence-corrected chi connectivity index (χ1v) is 7.64. The summed E-state index contributed by atoms with van der Waals surface area (Å²) in [5.74, 6) is -1.21.